The molecule has 3 aromatic rings. The van der Waals surface area contributed by atoms with Gasteiger partial charge in [-0.1, -0.05) is 38.1 Å². The van der Waals surface area contributed by atoms with Crippen LogP contribution in [0.15, 0.2) is 48.5 Å². The molecule has 1 amide bonds. The molecule has 1 heterocycles. The number of benzene rings is 2. The predicted octanol–water partition coefficient (Wildman–Crippen LogP) is 5.38. The van der Waals surface area contributed by atoms with E-state index in [-0.39, 0.29) is 24.5 Å². The summed E-state index contributed by atoms with van der Waals surface area (Å²) in [4.78, 5) is 19.8. The smallest absolute Gasteiger partial charge is 0.243 e. The second-order valence-corrected chi connectivity index (χ2v) is 8.60. The van der Waals surface area contributed by atoms with Crippen molar-refractivity contribution in [2.45, 2.75) is 72.7 Å². The normalized spacial score (nSPS) is 11.6. The lowest BCUT2D eigenvalue weighted by atomic mass is 10.0. The maximum Gasteiger partial charge on any atom is 0.243 e. The molecule has 0 aliphatic rings. The summed E-state index contributed by atoms with van der Waals surface area (Å²) >= 11 is 0. The van der Waals surface area contributed by atoms with Crippen molar-refractivity contribution >= 4 is 16.9 Å². The van der Waals surface area contributed by atoms with Gasteiger partial charge in [-0.05, 0) is 63.4 Å². The largest absolute Gasteiger partial charge is 0.486 e. The summed E-state index contributed by atoms with van der Waals surface area (Å²) < 4.78 is 8.01. The predicted molar refractivity (Wildman–Crippen MR) is 122 cm³/mol. The minimum absolute atomic E-state index is 0.0886. The highest BCUT2D eigenvalue weighted by Gasteiger charge is 2.22. The summed E-state index contributed by atoms with van der Waals surface area (Å²) in [6.45, 7) is 13.1. The van der Waals surface area contributed by atoms with Crippen molar-refractivity contribution in [1.29, 1.82) is 0 Å². The Morgan fingerprint density at radius 3 is 2.20 bits per heavy atom. The van der Waals surface area contributed by atoms with Gasteiger partial charge >= 0.3 is 0 Å². The standard InChI is InChI=1S/C25H33N3O2/c1-17(2)20-11-13-21(14-12-20)30-16-24-26-22-9-7-8-10-23(22)27(24)15-25(29)28(18(3)4)19(5)6/h7-14,17-19H,15-16H2,1-6H3. The third-order valence-electron chi connectivity index (χ3n) is 5.34. The summed E-state index contributed by atoms with van der Waals surface area (Å²) in [5.74, 6) is 2.13. The highest BCUT2D eigenvalue weighted by Crippen LogP contribution is 2.22. The van der Waals surface area contributed by atoms with Crippen LogP contribution in [-0.2, 0) is 17.9 Å². The van der Waals surface area contributed by atoms with E-state index in [2.05, 4.69) is 53.7 Å². The summed E-state index contributed by atoms with van der Waals surface area (Å²) in [6.07, 6.45) is 0. The van der Waals surface area contributed by atoms with Crippen molar-refractivity contribution in [2.75, 3.05) is 0 Å². The van der Waals surface area contributed by atoms with Gasteiger partial charge in [-0.15, -0.1) is 0 Å². The van der Waals surface area contributed by atoms with E-state index in [0.717, 1.165) is 22.6 Å². The first-order valence-electron chi connectivity index (χ1n) is 10.8. The first kappa shape index (κ1) is 21.9. The van der Waals surface area contributed by atoms with Crippen LogP contribution in [-0.4, -0.2) is 32.4 Å². The molecule has 0 spiro atoms. The molecule has 0 fully saturated rings. The lowest BCUT2D eigenvalue weighted by Crippen LogP contribution is -2.43. The first-order valence-corrected chi connectivity index (χ1v) is 10.8. The number of hydrogen-bond acceptors (Lipinski definition) is 3. The number of amides is 1. The number of aromatic nitrogens is 2. The van der Waals surface area contributed by atoms with E-state index in [1.54, 1.807) is 0 Å². The minimum Gasteiger partial charge on any atom is -0.486 e. The molecule has 0 atom stereocenters. The number of fused-ring (bicyclic) bond motifs is 1. The number of carbonyl (C=O) groups is 1. The molecule has 30 heavy (non-hydrogen) atoms. The molecule has 0 aliphatic heterocycles. The van der Waals surface area contributed by atoms with Crippen molar-refractivity contribution < 1.29 is 9.53 Å². The zero-order valence-electron chi connectivity index (χ0n) is 18.9. The van der Waals surface area contributed by atoms with Crippen molar-refractivity contribution in [2.24, 2.45) is 0 Å². The monoisotopic (exact) mass is 407 g/mol. The third-order valence-corrected chi connectivity index (χ3v) is 5.34. The number of nitrogens with zero attached hydrogens (tertiary/aromatic N) is 3. The van der Waals surface area contributed by atoms with Gasteiger partial charge in [0.2, 0.25) is 5.91 Å². The van der Waals surface area contributed by atoms with Gasteiger partial charge in [-0.2, -0.15) is 0 Å². The van der Waals surface area contributed by atoms with E-state index in [1.807, 2.05) is 45.9 Å². The maximum absolute atomic E-state index is 13.1. The molecule has 0 aliphatic carbocycles. The van der Waals surface area contributed by atoms with Crippen LogP contribution in [0.4, 0.5) is 0 Å². The van der Waals surface area contributed by atoms with E-state index >= 15 is 0 Å². The molecule has 0 saturated heterocycles. The average molecular weight is 408 g/mol. The van der Waals surface area contributed by atoms with Gasteiger partial charge in [-0.25, -0.2) is 4.98 Å². The van der Waals surface area contributed by atoms with E-state index in [4.69, 9.17) is 9.72 Å². The highest BCUT2D eigenvalue weighted by molar-refractivity contribution is 5.81. The quantitative estimate of drug-likeness (QED) is 0.503. The van der Waals surface area contributed by atoms with Crippen LogP contribution in [0, 0.1) is 0 Å². The molecule has 0 N–H and O–H groups in total. The topological polar surface area (TPSA) is 47.4 Å². The Morgan fingerprint density at radius 1 is 0.967 bits per heavy atom. The van der Waals surface area contributed by atoms with Crippen LogP contribution in [0.3, 0.4) is 0 Å². The lowest BCUT2D eigenvalue weighted by Gasteiger charge is -2.31. The fraction of sp³-hybridized carbons (Fsp3) is 0.440. The summed E-state index contributed by atoms with van der Waals surface area (Å²) in [7, 11) is 0. The molecule has 160 valence electrons. The van der Waals surface area contributed by atoms with Crippen molar-refractivity contribution in [1.82, 2.24) is 14.5 Å². The summed E-state index contributed by atoms with van der Waals surface area (Å²) in [5.41, 5.74) is 3.11. The van der Waals surface area contributed by atoms with E-state index in [1.165, 1.54) is 5.56 Å². The van der Waals surface area contributed by atoms with Gasteiger partial charge in [-0.3, -0.25) is 4.79 Å². The van der Waals surface area contributed by atoms with Gasteiger partial charge < -0.3 is 14.2 Å². The van der Waals surface area contributed by atoms with Crippen LogP contribution in [0.2, 0.25) is 0 Å². The van der Waals surface area contributed by atoms with Crippen LogP contribution < -0.4 is 4.74 Å². The second-order valence-electron chi connectivity index (χ2n) is 8.60. The molecule has 0 bridgehead atoms. The lowest BCUT2D eigenvalue weighted by molar-refractivity contribution is -0.135. The van der Waals surface area contributed by atoms with Gasteiger partial charge in [0.1, 0.15) is 24.7 Å². The third kappa shape index (κ3) is 4.84. The van der Waals surface area contributed by atoms with Crippen molar-refractivity contribution in [3.8, 4) is 5.75 Å². The van der Waals surface area contributed by atoms with Crippen LogP contribution >= 0.6 is 0 Å². The van der Waals surface area contributed by atoms with E-state index in [0.29, 0.717) is 12.5 Å². The Labute approximate surface area is 179 Å². The van der Waals surface area contributed by atoms with Gasteiger partial charge in [0, 0.05) is 12.1 Å². The highest BCUT2D eigenvalue weighted by atomic mass is 16.5. The molecule has 1 aromatic heterocycles. The molecule has 3 rings (SSSR count). The van der Waals surface area contributed by atoms with E-state index in [9.17, 15) is 4.79 Å². The number of carbonyl (C=O) groups excluding carboxylic acids is 1. The molecule has 2 aromatic carbocycles. The van der Waals surface area contributed by atoms with Gasteiger partial charge in [0.15, 0.2) is 0 Å². The van der Waals surface area contributed by atoms with Crippen molar-refractivity contribution in [3.63, 3.8) is 0 Å². The Kier molecular flexibility index (Phi) is 6.80. The molecule has 0 saturated carbocycles. The molecule has 5 nitrogen and oxygen atoms in total. The first-order chi connectivity index (χ1) is 14.3. The number of ether oxygens (including phenoxy) is 1. The zero-order chi connectivity index (χ0) is 21.8. The zero-order valence-corrected chi connectivity index (χ0v) is 18.9. The fourth-order valence-corrected chi connectivity index (χ4v) is 3.90. The number of para-hydroxylation sites is 2. The van der Waals surface area contributed by atoms with Crippen molar-refractivity contribution in [3.05, 3.63) is 59.9 Å². The minimum atomic E-state index is 0.0886. The maximum atomic E-state index is 13.1. The molecule has 0 unspecified atom stereocenters. The number of hydrogen-bond donors (Lipinski definition) is 0. The Morgan fingerprint density at radius 2 is 1.60 bits per heavy atom. The van der Waals surface area contributed by atoms with E-state index < -0.39 is 0 Å². The fourth-order valence-electron chi connectivity index (χ4n) is 3.90. The number of imidazole rings is 1. The Bertz CT molecular complexity index is 979. The van der Waals surface area contributed by atoms with Crippen LogP contribution in [0.5, 0.6) is 5.75 Å². The molecule has 5 heteroatoms. The molecular formula is C25H33N3O2. The SMILES string of the molecule is CC(C)c1ccc(OCc2nc3ccccc3n2CC(=O)N(C(C)C)C(C)C)cc1. The van der Waals surface area contributed by atoms with Crippen LogP contribution in [0.25, 0.3) is 11.0 Å². The Hall–Kier alpha value is -2.82. The van der Waals surface area contributed by atoms with Crippen LogP contribution in [0.1, 0.15) is 58.8 Å². The molecule has 0 radical (unpaired) electrons. The Balaban J connectivity index is 1.85. The number of rotatable bonds is 8. The second kappa shape index (κ2) is 9.33. The van der Waals surface area contributed by atoms with Gasteiger partial charge in [0.25, 0.3) is 0 Å². The summed E-state index contributed by atoms with van der Waals surface area (Å²) in [5, 5.41) is 0. The summed E-state index contributed by atoms with van der Waals surface area (Å²) in [6, 6.07) is 16.4. The average Bonchev–Trinajstić information content (AvgIpc) is 3.03. The van der Waals surface area contributed by atoms with Gasteiger partial charge in [0.05, 0.1) is 11.0 Å². The molecular weight excluding hydrogens is 374 g/mol.